The first kappa shape index (κ1) is 11.3. The zero-order valence-corrected chi connectivity index (χ0v) is 9.44. The Balaban J connectivity index is 2.10. The fourth-order valence-corrected chi connectivity index (χ4v) is 2.06. The highest BCUT2D eigenvalue weighted by Crippen LogP contribution is 2.15. The Kier molecular flexibility index (Phi) is 5.36. The van der Waals surface area contributed by atoms with Gasteiger partial charge in [0.1, 0.15) is 0 Å². The van der Waals surface area contributed by atoms with Crippen molar-refractivity contribution in [1.82, 2.24) is 5.32 Å². The van der Waals surface area contributed by atoms with Crippen LogP contribution in [-0.4, -0.2) is 6.54 Å². The summed E-state index contributed by atoms with van der Waals surface area (Å²) in [5.41, 5.74) is 1.38. The molecule has 0 fully saturated rings. The van der Waals surface area contributed by atoms with Crippen molar-refractivity contribution in [3.63, 3.8) is 0 Å². The van der Waals surface area contributed by atoms with Gasteiger partial charge in [-0.05, 0) is 48.7 Å². The van der Waals surface area contributed by atoms with Crippen LogP contribution >= 0.6 is 11.3 Å². The van der Waals surface area contributed by atoms with Gasteiger partial charge in [-0.1, -0.05) is 0 Å². The molecule has 1 heterocycles. The molecule has 1 unspecified atom stereocenters. The van der Waals surface area contributed by atoms with Crippen LogP contribution in [0.2, 0.25) is 0 Å². The zero-order chi connectivity index (χ0) is 10.2. The van der Waals surface area contributed by atoms with Gasteiger partial charge < -0.3 is 5.32 Å². The highest BCUT2D eigenvalue weighted by Gasteiger charge is 2.03. The van der Waals surface area contributed by atoms with E-state index in [4.69, 9.17) is 6.42 Å². The van der Waals surface area contributed by atoms with E-state index in [9.17, 15) is 0 Å². The van der Waals surface area contributed by atoms with Crippen molar-refractivity contribution < 1.29 is 0 Å². The van der Waals surface area contributed by atoms with Crippen LogP contribution in [0.5, 0.6) is 0 Å². The quantitative estimate of drug-likeness (QED) is 0.558. The minimum absolute atomic E-state index is 0.465. The summed E-state index contributed by atoms with van der Waals surface area (Å²) in [6, 6.07) is 2.64. The molecule has 0 spiro atoms. The van der Waals surface area contributed by atoms with Gasteiger partial charge in [-0.2, -0.15) is 11.3 Å². The predicted molar refractivity (Wildman–Crippen MR) is 63.4 cm³/mol. The van der Waals surface area contributed by atoms with Gasteiger partial charge in [0.25, 0.3) is 0 Å². The van der Waals surface area contributed by atoms with E-state index in [1.807, 2.05) is 0 Å². The first-order valence-electron chi connectivity index (χ1n) is 5.03. The van der Waals surface area contributed by atoms with Crippen molar-refractivity contribution in [2.75, 3.05) is 6.54 Å². The molecule has 1 rings (SSSR count). The van der Waals surface area contributed by atoms with E-state index in [1.54, 1.807) is 11.3 Å². The minimum atomic E-state index is 0.465. The summed E-state index contributed by atoms with van der Waals surface area (Å²) in [5, 5.41) is 7.79. The third-order valence-electron chi connectivity index (χ3n) is 2.24. The molecule has 0 aliphatic heterocycles. The molecule has 0 aliphatic carbocycles. The summed E-state index contributed by atoms with van der Waals surface area (Å²) in [6.07, 6.45) is 8.37. The van der Waals surface area contributed by atoms with Gasteiger partial charge in [-0.15, -0.1) is 12.3 Å². The third kappa shape index (κ3) is 3.95. The van der Waals surface area contributed by atoms with Crippen LogP contribution in [0.3, 0.4) is 0 Å². The maximum atomic E-state index is 5.18. The van der Waals surface area contributed by atoms with E-state index in [2.05, 4.69) is 35.0 Å². The summed E-state index contributed by atoms with van der Waals surface area (Å²) >= 11 is 1.75. The molecule has 1 N–H and O–H groups in total. The highest BCUT2D eigenvalue weighted by molar-refractivity contribution is 7.07. The second kappa shape index (κ2) is 6.64. The number of hydrogen-bond acceptors (Lipinski definition) is 2. The number of nitrogens with one attached hydrogen (secondary N) is 1. The first-order chi connectivity index (χ1) is 6.84. The largest absolute Gasteiger partial charge is 0.310 e. The molecule has 0 saturated heterocycles. The van der Waals surface area contributed by atoms with E-state index >= 15 is 0 Å². The summed E-state index contributed by atoms with van der Waals surface area (Å²) in [4.78, 5) is 0. The number of hydrogen-bond donors (Lipinski definition) is 1. The Bertz CT molecular complexity index is 271. The lowest BCUT2D eigenvalue weighted by atomic mass is 10.1. The Labute approximate surface area is 90.5 Å². The van der Waals surface area contributed by atoms with Crippen LogP contribution in [0.15, 0.2) is 16.8 Å². The number of rotatable bonds is 6. The molecule has 0 radical (unpaired) electrons. The predicted octanol–water partition coefficient (Wildman–Crippen LogP) is 3.20. The van der Waals surface area contributed by atoms with Crippen molar-refractivity contribution in [3.05, 3.63) is 22.4 Å². The molecular weight excluding hydrogens is 190 g/mol. The fourth-order valence-electron chi connectivity index (χ4n) is 1.31. The Hall–Kier alpha value is -0.780. The van der Waals surface area contributed by atoms with E-state index in [1.165, 1.54) is 12.0 Å². The van der Waals surface area contributed by atoms with Crippen LogP contribution in [0.4, 0.5) is 0 Å². The highest BCUT2D eigenvalue weighted by atomic mass is 32.1. The molecule has 0 amide bonds. The molecule has 0 aromatic carbocycles. The Morgan fingerprint density at radius 2 is 2.43 bits per heavy atom. The monoisotopic (exact) mass is 207 g/mol. The summed E-state index contributed by atoms with van der Waals surface area (Å²) in [7, 11) is 0. The SMILES string of the molecule is C#CCCCCNC(C)c1ccsc1. The topological polar surface area (TPSA) is 12.0 Å². The van der Waals surface area contributed by atoms with E-state index < -0.39 is 0 Å². The second-order valence-corrected chi connectivity index (χ2v) is 4.17. The van der Waals surface area contributed by atoms with Crippen molar-refractivity contribution >= 4 is 11.3 Å². The molecule has 1 nitrogen and oxygen atoms in total. The summed E-state index contributed by atoms with van der Waals surface area (Å²) in [5.74, 6) is 2.66. The van der Waals surface area contributed by atoms with Crippen LogP contribution in [0, 0.1) is 12.3 Å². The Morgan fingerprint density at radius 3 is 3.07 bits per heavy atom. The van der Waals surface area contributed by atoms with Gasteiger partial charge in [0.15, 0.2) is 0 Å². The van der Waals surface area contributed by atoms with Crippen LogP contribution < -0.4 is 5.32 Å². The van der Waals surface area contributed by atoms with Crippen LogP contribution in [-0.2, 0) is 0 Å². The molecule has 0 saturated carbocycles. The lowest BCUT2D eigenvalue weighted by Crippen LogP contribution is -2.19. The summed E-state index contributed by atoms with van der Waals surface area (Å²) < 4.78 is 0. The van der Waals surface area contributed by atoms with Crippen LogP contribution in [0.1, 0.15) is 37.8 Å². The molecule has 1 atom stereocenters. The number of unbranched alkanes of at least 4 members (excludes halogenated alkanes) is 2. The normalized spacial score (nSPS) is 12.3. The summed E-state index contributed by atoms with van der Waals surface area (Å²) in [6.45, 7) is 3.25. The van der Waals surface area contributed by atoms with E-state index in [-0.39, 0.29) is 0 Å². The zero-order valence-electron chi connectivity index (χ0n) is 8.62. The Morgan fingerprint density at radius 1 is 1.57 bits per heavy atom. The standard InChI is InChI=1S/C12H17NS/c1-3-4-5-6-8-13-11(2)12-7-9-14-10-12/h1,7,9-11,13H,4-6,8H2,2H3. The molecule has 0 aliphatic rings. The second-order valence-electron chi connectivity index (χ2n) is 3.39. The lowest BCUT2D eigenvalue weighted by molar-refractivity contribution is 0.550. The minimum Gasteiger partial charge on any atom is -0.310 e. The third-order valence-corrected chi connectivity index (χ3v) is 2.94. The molecule has 76 valence electrons. The van der Waals surface area contributed by atoms with Gasteiger partial charge in [0.2, 0.25) is 0 Å². The van der Waals surface area contributed by atoms with Gasteiger partial charge in [-0.25, -0.2) is 0 Å². The van der Waals surface area contributed by atoms with Crippen LogP contribution in [0.25, 0.3) is 0 Å². The van der Waals surface area contributed by atoms with Gasteiger partial charge in [-0.3, -0.25) is 0 Å². The lowest BCUT2D eigenvalue weighted by Gasteiger charge is -2.11. The van der Waals surface area contributed by atoms with Crippen molar-refractivity contribution in [2.24, 2.45) is 0 Å². The average molecular weight is 207 g/mol. The first-order valence-corrected chi connectivity index (χ1v) is 5.98. The fraction of sp³-hybridized carbons (Fsp3) is 0.500. The van der Waals surface area contributed by atoms with E-state index in [0.29, 0.717) is 6.04 Å². The van der Waals surface area contributed by atoms with Crippen molar-refractivity contribution in [3.8, 4) is 12.3 Å². The molecule has 2 heteroatoms. The molecule has 14 heavy (non-hydrogen) atoms. The molecule has 1 aromatic rings. The molecular formula is C12H17NS. The average Bonchev–Trinajstić information content (AvgIpc) is 2.70. The van der Waals surface area contributed by atoms with Gasteiger partial charge in [0, 0.05) is 12.5 Å². The van der Waals surface area contributed by atoms with Crippen molar-refractivity contribution in [1.29, 1.82) is 0 Å². The smallest absolute Gasteiger partial charge is 0.0300 e. The molecule has 0 bridgehead atoms. The maximum absolute atomic E-state index is 5.18. The number of terminal acetylenes is 1. The maximum Gasteiger partial charge on any atom is 0.0300 e. The molecule has 1 aromatic heterocycles. The van der Waals surface area contributed by atoms with E-state index in [0.717, 1.165) is 19.4 Å². The number of thiophene rings is 1. The van der Waals surface area contributed by atoms with Gasteiger partial charge >= 0.3 is 0 Å². The van der Waals surface area contributed by atoms with Gasteiger partial charge in [0.05, 0.1) is 0 Å². The van der Waals surface area contributed by atoms with Crippen molar-refractivity contribution in [2.45, 2.75) is 32.2 Å².